The molecule has 1 aromatic heterocycles. The Labute approximate surface area is 198 Å². The average molecular weight is 464 g/mol. The Balaban J connectivity index is 2.00. The van der Waals surface area contributed by atoms with Gasteiger partial charge in [-0.3, -0.25) is 19.3 Å². The Morgan fingerprint density at radius 3 is 2.30 bits per heavy atom. The molecule has 2 aromatic carbocycles. The molecule has 0 bridgehead atoms. The lowest BCUT2D eigenvalue weighted by Crippen LogP contribution is -2.51. The number of nitrogens with one attached hydrogen (secondary N) is 2. The average Bonchev–Trinajstić information content (AvgIpc) is 3.30. The minimum absolute atomic E-state index is 0.239. The van der Waals surface area contributed by atoms with E-state index in [1.54, 1.807) is 23.6 Å². The molecule has 0 saturated carbocycles. The SMILES string of the molecule is Cc1cccc(N(C(=O)CNC(=O)c2cccs2)C(C(=O)NC(C)(C)C)c2ccccc2)c1. The monoisotopic (exact) mass is 463 g/mol. The minimum Gasteiger partial charge on any atom is -0.349 e. The van der Waals surface area contributed by atoms with Gasteiger partial charge < -0.3 is 10.6 Å². The summed E-state index contributed by atoms with van der Waals surface area (Å²) in [6, 6.07) is 19.2. The molecule has 172 valence electrons. The van der Waals surface area contributed by atoms with E-state index in [1.807, 2.05) is 76.2 Å². The van der Waals surface area contributed by atoms with Gasteiger partial charge in [-0.1, -0.05) is 48.5 Å². The number of hydrogen-bond acceptors (Lipinski definition) is 4. The molecule has 0 aliphatic carbocycles. The zero-order valence-corrected chi connectivity index (χ0v) is 20.1. The van der Waals surface area contributed by atoms with Gasteiger partial charge in [0.1, 0.15) is 6.04 Å². The molecular formula is C26H29N3O3S. The van der Waals surface area contributed by atoms with Crippen LogP contribution in [0.25, 0.3) is 0 Å². The van der Waals surface area contributed by atoms with Crippen molar-refractivity contribution in [3.63, 3.8) is 0 Å². The number of hydrogen-bond donors (Lipinski definition) is 2. The standard InChI is InChI=1S/C26H29N3O3S/c1-18-10-8-13-20(16-18)29(22(30)17-27-24(31)21-14-9-15-33-21)23(19-11-6-5-7-12-19)25(32)28-26(2,3)4/h5-16,23H,17H2,1-4H3,(H,27,31)(H,28,32). The molecule has 33 heavy (non-hydrogen) atoms. The van der Waals surface area contributed by atoms with Gasteiger partial charge in [0.2, 0.25) is 11.8 Å². The number of anilines is 1. The Hall–Kier alpha value is -3.45. The summed E-state index contributed by atoms with van der Waals surface area (Å²) < 4.78 is 0. The molecule has 0 spiro atoms. The van der Waals surface area contributed by atoms with Gasteiger partial charge in [-0.25, -0.2) is 0 Å². The van der Waals surface area contributed by atoms with E-state index in [2.05, 4.69) is 10.6 Å². The molecule has 0 saturated heterocycles. The molecule has 0 aliphatic rings. The van der Waals surface area contributed by atoms with Gasteiger partial charge in [0, 0.05) is 11.2 Å². The van der Waals surface area contributed by atoms with Crippen molar-refractivity contribution in [1.82, 2.24) is 10.6 Å². The van der Waals surface area contributed by atoms with Crippen LogP contribution in [0.1, 0.15) is 47.6 Å². The summed E-state index contributed by atoms with van der Waals surface area (Å²) in [5.41, 5.74) is 1.73. The third kappa shape index (κ3) is 6.52. The fourth-order valence-electron chi connectivity index (χ4n) is 3.44. The highest BCUT2D eigenvalue weighted by Crippen LogP contribution is 2.29. The predicted octanol–water partition coefficient (Wildman–Crippen LogP) is 4.48. The summed E-state index contributed by atoms with van der Waals surface area (Å²) in [5, 5.41) is 7.50. The first-order valence-electron chi connectivity index (χ1n) is 10.7. The number of aryl methyl sites for hydroxylation is 1. The Morgan fingerprint density at radius 1 is 0.970 bits per heavy atom. The number of benzene rings is 2. The van der Waals surface area contributed by atoms with Gasteiger partial charge in [-0.2, -0.15) is 0 Å². The van der Waals surface area contributed by atoms with E-state index < -0.39 is 11.6 Å². The van der Waals surface area contributed by atoms with Crippen LogP contribution in [0.3, 0.4) is 0 Å². The van der Waals surface area contributed by atoms with E-state index in [0.717, 1.165) is 5.56 Å². The van der Waals surface area contributed by atoms with E-state index in [0.29, 0.717) is 16.1 Å². The zero-order chi connectivity index (χ0) is 24.0. The fraction of sp³-hybridized carbons (Fsp3) is 0.269. The molecule has 2 N–H and O–H groups in total. The van der Waals surface area contributed by atoms with Crippen molar-refractivity contribution in [2.75, 3.05) is 11.4 Å². The van der Waals surface area contributed by atoms with Crippen molar-refractivity contribution in [3.05, 3.63) is 88.1 Å². The van der Waals surface area contributed by atoms with Crippen molar-refractivity contribution < 1.29 is 14.4 Å². The molecule has 3 aromatic rings. The highest BCUT2D eigenvalue weighted by Gasteiger charge is 2.34. The van der Waals surface area contributed by atoms with Gasteiger partial charge in [-0.15, -0.1) is 11.3 Å². The Morgan fingerprint density at radius 2 is 1.70 bits per heavy atom. The van der Waals surface area contributed by atoms with E-state index in [4.69, 9.17) is 0 Å². The molecule has 1 unspecified atom stereocenters. The normalized spacial score (nSPS) is 12.0. The zero-order valence-electron chi connectivity index (χ0n) is 19.3. The molecule has 7 heteroatoms. The number of thiophene rings is 1. The summed E-state index contributed by atoms with van der Waals surface area (Å²) in [6.45, 7) is 7.38. The summed E-state index contributed by atoms with van der Waals surface area (Å²) in [5.74, 6) is -1.01. The number of carbonyl (C=O) groups excluding carboxylic acids is 3. The number of rotatable bonds is 7. The van der Waals surface area contributed by atoms with Crippen molar-refractivity contribution in [1.29, 1.82) is 0 Å². The fourth-order valence-corrected chi connectivity index (χ4v) is 4.08. The number of amides is 3. The van der Waals surface area contributed by atoms with Crippen LogP contribution < -0.4 is 15.5 Å². The summed E-state index contributed by atoms with van der Waals surface area (Å²) in [4.78, 5) is 41.5. The second-order valence-electron chi connectivity index (χ2n) is 8.82. The highest BCUT2D eigenvalue weighted by molar-refractivity contribution is 7.12. The van der Waals surface area contributed by atoms with Crippen molar-refractivity contribution in [3.8, 4) is 0 Å². The molecule has 1 atom stereocenters. The lowest BCUT2D eigenvalue weighted by atomic mass is 10.0. The molecule has 6 nitrogen and oxygen atoms in total. The van der Waals surface area contributed by atoms with Crippen LogP contribution in [-0.2, 0) is 9.59 Å². The molecular weight excluding hydrogens is 434 g/mol. The van der Waals surface area contributed by atoms with E-state index in [9.17, 15) is 14.4 Å². The van der Waals surface area contributed by atoms with Crippen LogP contribution in [0.2, 0.25) is 0 Å². The maximum atomic E-state index is 13.5. The van der Waals surface area contributed by atoms with Crippen molar-refractivity contribution >= 4 is 34.7 Å². The second kappa shape index (κ2) is 10.4. The molecule has 0 fully saturated rings. The molecule has 0 radical (unpaired) electrons. The maximum absolute atomic E-state index is 13.5. The number of carbonyl (C=O) groups is 3. The minimum atomic E-state index is -0.904. The molecule has 0 aliphatic heterocycles. The topological polar surface area (TPSA) is 78.5 Å². The van der Waals surface area contributed by atoms with Gasteiger partial charge in [0.25, 0.3) is 5.91 Å². The Bertz CT molecular complexity index is 1110. The van der Waals surface area contributed by atoms with Gasteiger partial charge in [0.05, 0.1) is 11.4 Å². The number of nitrogens with zero attached hydrogens (tertiary/aromatic N) is 1. The summed E-state index contributed by atoms with van der Waals surface area (Å²) >= 11 is 1.30. The first-order valence-corrected chi connectivity index (χ1v) is 11.6. The smallest absolute Gasteiger partial charge is 0.261 e. The van der Waals surface area contributed by atoms with Crippen LogP contribution >= 0.6 is 11.3 Å². The highest BCUT2D eigenvalue weighted by atomic mass is 32.1. The van der Waals surface area contributed by atoms with Crippen LogP contribution in [0.5, 0.6) is 0 Å². The van der Waals surface area contributed by atoms with Crippen molar-refractivity contribution in [2.24, 2.45) is 0 Å². The first kappa shape index (κ1) is 24.2. The molecule has 3 rings (SSSR count). The van der Waals surface area contributed by atoms with Gasteiger partial charge in [0.15, 0.2) is 0 Å². The van der Waals surface area contributed by atoms with E-state index in [1.165, 1.54) is 16.2 Å². The largest absolute Gasteiger partial charge is 0.349 e. The van der Waals surface area contributed by atoms with Crippen molar-refractivity contribution in [2.45, 2.75) is 39.3 Å². The maximum Gasteiger partial charge on any atom is 0.261 e. The Kier molecular flexibility index (Phi) is 7.66. The quantitative estimate of drug-likeness (QED) is 0.542. The van der Waals surface area contributed by atoms with Crippen LogP contribution in [0.4, 0.5) is 5.69 Å². The summed E-state index contributed by atoms with van der Waals surface area (Å²) in [7, 11) is 0. The van der Waals surface area contributed by atoms with Crippen LogP contribution in [0.15, 0.2) is 72.1 Å². The van der Waals surface area contributed by atoms with Gasteiger partial charge in [-0.05, 0) is 62.4 Å². The lowest BCUT2D eigenvalue weighted by molar-refractivity contribution is -0.127. The predicted molar refractivity (Wildman–Crippen MR) is 132 cm³/mol. The molecule has 3 amide bonds. The lowest BCUT2D eigenvalue weighted by Gasteiger charge is -2.34. The van der Waals surface area contributed by atoms with Gasteiger partial charge >= 0.3 is 0 Å². The first-order chi connectivity index (χ1) is 15.7. The van der Waals surface area contributed by atoms with Crippen LogP contribution in [0, 0.1) is 6.92 Å². The second-order valence-corrected chi connectivity index (χ2v) is 9.76. The van der Waals surface area contributed by atoms with E-state index in [-0.39, 0.29) is 24.3 Å². The molecule has 1 heterocycles. The van der Waals surface area contributed by atoms with E-state index >= 15 is 0 Å². The van der Waals surface area contributed by atoms with Crippen LogP contribution in [-0.4, -0.2) is 29.8 Å². The third-order valence-corrected chi connectivity index (χ3v) is 5.68. The summed E-state index contributed by atoms with van der Waals surface area (Å²) in [6.07, 6.45) is 0. The third-order valence-electron chi connectivity index (χ3n) is 4.81.